The minimum absolute atomic E-state index is 0.943. The van der Waals surface area contributed by atoms with Crippen molar-refractivity contribution < 1.29 is 0 Å². The van der Waals surface area contributed by atoms with Crippen LogP contribution in [0.2, 0.25) is 0 Å². The number of aromatic nitrogens is 4. The van der Waals surface area contributed by atoms with Gasteiger partial charge in [0.25, 0.3) is 0 Å². The van der Waals surface area contributed by atoms with Gasteiger partial charge in [0.1, 0.15) is 0 Å². The Labute approximate surface area is 463 Å². The summed E-state index contributed by atoms with van der Waals surface area (Å²) in [5, 5.41) is 4.64. The van der Waals surface area contributed by atoms with Crippen LogP contribution in [-0.2, 0) is 25.7 Å². The third-order valence-corrected chi connectivity index (χ3v) is 19.8. The standard InChI is InChI=1S/C67H76N4S4/c1-6-10-14-18-22-47-38-40-72-64(47)66-49(24-20-16-12-8-3)42-59(74-66)62-55-32-30-51(68-55)44-52-31-33-56(69-52)63(58-37-35-54(71-58)61(53-34-36-57(62)70-53)46-28-26-45(5)27-29-46)60-43-50(25-21-17-13-9-4)67(75-60)65-48(39-41-73-65)23-19-15-11-7-2/h26-44,68,71H,6-25H2,1-5H3. The zero-order valence-corrected chi connectivity index (χ0v) is 48.4. The first-order chi connectivity index (χ1) is 36.9. The molecule has 4 nitrogen and oxygen atoms in total. The average molecular weight is 1070 g/mol. The predicted molar refractivity (Wildman–Crippen MR) is 334 cm³/mol. The molecule has 8 aromatic rings. The lowest BCUT2D eigenvalue weighted by Gasteiger charge is -2.06. The van der Waals surface area contributed by atoms with Gasteiger partial charge in [-0.15, -0.1) is 45.3 Å². The van der Waals surface area contributed by atoms with E-state index in [9.17, 15) is 0 Å². The van der Waals surface area contributed by atoms with Crippen LogP contribution in [0.4, 0.5) is 0 Å². The number of nitrogens with zero attached hydrogens (tertiary/aromatic N) is 2. The van der Waals surface area contributed by atoms with Gasteiger partial charge in [-0.25, -0.2) is 9.97 Å². The Kier molecular flexibility index (Phi) is 18.1. The van der Waals surface area contributed by atoms with E-state index >= 15 is 0 Å². The third kappa shape index (κ3) is 12.4. The van der Waals surface area contributed by atoms with Gasteiger partial charge < -0.3 is 9.97 Å². The van der Waals surface area contributed by atoms with Crippen molar-refractivity contribution >= 4 is 91.7 Å². The Morgan fingerprint density at radius 2 is 0.853 bits per heavy atom. The Morgan fingerprint density at radius 3 is 1.39 bits per heavy atom. The third-order valence-electron chi connectivity index (χ3n) is 15.1. The molecule has 0 spiro atoms. The van der Waals surface area contributed by atoms with E-state index in [-0.39, 0.29) is 0 Å². The largest absolute Gasteiger partial charge is 0.355 e. The van der Waals surface area contributed by atoms with Gasteiger partial charge in [0.05, 0.1) is 22.8 Å². The molecule has 75 heavy (non-hydrogen) atoms. The lowest BCUT2D eigenvalue weighted by molar-refractivity contribution is 0.666. The summed E-state index contributed by atoms with van der Waals surface area (Å²) in [5.41, 5.74) is 19.8. The Morgan fingerprint density at radius 1 is 0.400 bits per heavy atom. The highest BCUT2D eigenvalue weighted by atomic mass is 32.1. The number of H-pyrrole nitrogens is 2. The number of hydrogen-bond donors (Lipinski definition) is 2. The van der Waals surface area contributed by atoms with Gasteiger partial charge in [0.15, 0.2) is 0 Å². The molecule has 0 aliphatic carbocycles. The van der Waals surface area contributed by atoms with Crippen molar-refractivity contribution in [1.82, 2.24) is 19.9 Å². The first kappa shape index (κ1) is 53.0. The lowest BCUT2D eigenvalue weighted by atomic mass is 10.0. The lowest BCUT2D eigenvalue weighted by Crippen LogP contribution is -1.89. The Hall–Kier alpha value is -5.38. The fraction of sp³-hybridized carbons (Fsp3) is 0.373. The van der Waals surface area contributed by atoms with E-state index in [1.165, 1.54) is 160 Å². The molecular formula is C67H76N4S4. The second-order valence-electron chi connectivity index (χ2n) is 20.9. The van der Waals surface area contributed by atoms with E-state index in [2.05, 4.69) is 159 Å². The van der Waals surface area contributed by atoms with Gasteiger partial charge in [-0.1, -0.05) is 135 Å². The molecule has 0 saturated heterocycles. The molecule has 1 aromatic carbocycles. The molecule has 0 saturated carbocycles. The van der Waals surface area contributed by atoms with Crippen molar-refractivity contribution in [3.63, 3.8) is 0 Å². The second kappa shape index (κ2) is 25.6. The second-order valence-corrected chi connectivity index (χ2v) is 24.9. The van der Waals surface area contributed by atoms with Gasteiger partial charge in [-0.2, -0.15) is 0 Å². The van der Waals surface area contributed by atoms with Crippen molar-refractivity contribution in [3.8, 4) is 51.5 Å². The normalized spacial score (nSPS) is 12.2. The monoisotopic (exact) mass is 1060 g/mol. The Bertz CT molecular complexity index is 3310. The van der Waals surface area contributed by atoms with Crippen LogP contribution < -0.4 is 0 Å². The van der Waals surface area contributed by atoms with E-state index in [1.54, 1.807) is 0 Å². The van der Waals surface area contributed by atoms with Crippen LogP contribution >= 0.6 is 45.3 Å². The van der Waals surface area contributed by atoms with Crippen LogP contribution in [0.1, 0.15) is 181 Å². The fourth-order valence-corrected chi connectivity index (χ4v) is 15.9. The number of benzene rings is 1. The molecule has 0 radical (unpaired) electrons. The van der Waals surface area contributed by atoms with Crippen LogP contribution in [-0.4, -0.2) is 19.9 Å². The zero-order valence-electron chi connectivity index (χ0n) is 45.1. The summed E-state index contributed by atoms with van der Waals surface area (Å²) in [6, 6.07) is 30.1. The van der Waals surface area contributed by atoms with Crippen molar-refractivity contribution in [3.05, 3.63) is 140 Å². The summed E-state index contributed by atoms with van der Waals surface area (Å²) in [4.78, 5) is 27.5. The molecule has 0 fully saturated rings. The molecule has 388 valence electrons. The highest BCUT2D eigenvalue weighted by Gasteiger charge is 2.23. The smallest absolute Gasteiger partial charge is 0.0745 e. The summed E-state index contributed by atoms with van der Waals surface area (Å²) in [5.74, 6) is 0. The maximum atomic E-state index is 5.69. The molecule has 7 aromatic heterocycles. The number of hydrogen-bond acceptors (Lipinski definition) is 6. The fourth-order valence-electron chi connectivity index (χ4n) is 11.0. The molecule has 0 atom stereocenters. The van der Waals surface area contributed by atoms with Crippen molar-refractivity contribution in [2.45, 2.75) is 163 Å². The van der Waals surface area contributed by atoms with E-state index in [1.807, 2.05) is 45.3 Å². The number of unbranched alkanes of at least 4 members (excludes halogenated alkanes) is 12. The van der Waals surface area contributed by atoms with Crippen molar-refractivity contribution in [1.29, 1.82) is 0 Å². The number of rotatable bonds is 25. The number of aromatic amines is 2. The van der Waals surface area contributed by atoms with E-state index in [0.29, 0.717) is 0 Å². The summed E-state index contributed by atoms with van der Waals surface area (Å²) >= 11 is 7.77. The molecule has 2 N–H and O–H groups in total. The average Bonchev–Trinajstić information content (AvgIpc) is 4.28. The molecule has 10 rings (SSSR count). The van der Waals surface area contributed by atoms with Crippen molar-refractivity contribution in [2.75, 3.05) is 0 Å². The predicted octanol–water partition coefficient (Wildman–Crippen LogP) is 22.0. The highest BCUT2D eigenvalue weighted by Crippen LogP contribution is 2.47. The zero-order chi connectivity index (χ0) is 51.5. The molecule has 8 bridgehead atoms. The molecule has 2 aliphatic heterocycles. The molecule has 9 heterocycles. The van der Waals surface area contributed by atoms with E-state index in [4.69, 9.17) is 9.97 Å². The van der Waals surface area contributed by atoms with Gasteiger partial charge in [-0.3, -0.25) is 0 Å². The molecular weight excluding hydrogens is 989 g/mol. The topological polar surface area (TPSA) is 57.4 Å². The number of aryl methyl sites for hydroxylation is 5. The van der Waals surface area contributed by atoms with Crippen LogP contribution in [0.5, 0.6) is 0 Å². The maximum Gasteiger partial charge on any atom is 0.0745 e. The summed E-state index contributed by atoms with van der Waals surface area (Å²) < 4.78 is 0. The number of fused-ring (bicyclic) bond motifs is 8. The summed E-state index contributed by atoms with van der Waals surface area (Å²) in [6.45, 7) is 11.4. The summed E-state index contributed by atoms with van der Waals surface area (Å²) in [6.07, 6.45) is 33.5. The van der Waals surface area contributed by atoms with E-state index < -0.39 is 0 Å². The van der Waals surface area contributed by atoms with Crippen LogP contribution in [0.25, 0.3) is 97.9 Å². The highest BCUT2D eigenvalue weighted by molar-refractivity contribution is 7.24. The van der Waals surface area contributed by atoms with Crippen LogP contribution in [0.15, 0.2) is 89.6 Å². The Balaban J connectivity index is 1.17. The molecule has 8 heteroatoms. The number of nitrogens with one attached hydrogen (secondary N) is 2. The molecule has 2 aliphatic rings. The first-order valence-electron chi connectivity index (χ1n) is 28.5. The first-order valence-corrected chi connectivity index (χ1v) is 31.9. The van der Waals surface area contributed by atoms with Gasteiger partial charge >= 0.3 is 0 Å². The van der Waals surface area contributed by atoms with Crippen molar-refractivity contribution in [2.24, 2.45) is 0 Å². The summed E-state index contributed by atoms with van der Waals surface area (Å²) in [7, 11) is 0. The van der Waals surface area contributed by atoms with Gasteiger partial charge in [-0.05, 0) is 176 Å². The van der Waals surface area contributed by atoms with Gasteiger partial charge in [0.2, 0.25) is 0 Å². The van der Waals surface area contributed by atoms with E-state index in [0.717, 1.165) is 92.8 Å². The van der Waals surface area contributed by atoms with Gasteiger partial charge in [0, 0.05) is 68.0 Å². The van der Waals surface area contributed by atoms with Crippen LogP contribution in [0, 0.1) is 6.92 Å². The SMILES string of the molecule is CCCCCCc1ccsc1-c1sc(-c2c3nc(c(-c4ccc(C)cc4)c4ccc([nH]4)c(-c4cc(CCCCCC)c(-c5sccc5CCCCCC)s4)c4nc(cc5ccc2[nH]5)C=C4)C=C3)cc1CCCCCC. The minimum Gasteiger partial charge on any atom is -0.355 e. The molecule has 0 amide bonds. The number of thiophene rings is 4. The minimum atomic E-state index is 0.943. The quantitative estimate of drug-likeness (QED) is 0.0561. The maximum absolute atomic E-state index is 5.69. The van der Waals surface area contributed by atoms with Crippen LogP contribution in [0.3, 0.4) is 0 Å². The molecule has 0 unspecified atom stereocenters.